The Kier molecular flexibility index (Phi) is 4.66. The van der Waals surface area contributed by atoms with Gasteiger partial charge in [0.15, 0.2) is 0 Å². The summed E-state index contributed by atoms with van der Waals surface area (Å²) >= 11 is 0. The van der Waals surface area contributed by atoms with Gasteiger partial charge in [-0.3, -0.25) is 9.78 Å². The van der Waals surface area contributed by atoms with E-state index in [-0.39, 0.29) is 11.5 Å². The van der Waals surface area contributed by atoms with Gasteiger partial charge in [-0.1, -0.05) is 19.1 Å². The van der Waals surface area contributed by atoms with Crippen molar-refractivity contribution < 1.29 is 14.7 Å². The number of benzene rings is 1. The highest BCUT2D eigenvalue weighted by molar-refractivity contribution is 6.09. The third kappa shape index (κ3) is 3.25. The molecule has 0 aliphatic rings. The molecule has 0 aliphatic heterocycles. The monoisotopic (exact) mass is 284 g/mol. The van der Waals surface area contributed by atoms with Crippen LogP contribution in [0.15, 0.2) is 48.8 Å². The van der Waals surface area contributed by atoms with Crippen LogP contribution in [-0.2, 0) is 0 Å². The Bertz CT molecular complexity index is 641. The van der Waals surface area contributed by atoms with Gasteiger partial charge in [-0.2, -0.15) is 0 Å². The summed E-state index contributed by atoms with van der Waals surface area (Å²) in [5.41, 5.74) is 0.954. The van der Waals surface area contributed by atoms with Crippen LogP contribution in [0, 0.1) is 0 Å². The minimum atomic E-state index is -1.05. The summed E-state index contributed by atoms with van der Waals surface area (Å²) in [7, 11) is 0. The normalized spacial score (nSPS) is 10.1. The van der Waals surface area contributed by atoms with Gasteiger partial charge in [-0.05, 0) is 30.7 Å². The van der Waals surface area contributed by atoms with Crippen molar-refractivity contribution in [3.8, 4) is 0 Å². The highest BCUT2D eigenvalue weighted by Gasteiger charge is 2.21. The van der Waals surface area contributed by atoms with Crippen LogP contribution in [0.1, 0.15) is 34.1 Å². The number of anilines is 1. The number of aromatic carboxylic acids is 1. The molecule has 1 aromatic heterocycles. The van der Waals surface area contributed by atoms with E-state index < -0.39 is 5.97 Å². The van der Waals surface area contributed by atoms with Crippen molar-refractivity contribution in [1.29, 1.82) is 0 Å². The summed E-state index contributed by atoms with van der Waals surface area (Å²) in [6.07, 6.45) is 3.79. The highest BCUT2D eigenvalue weighted by Crippen LogP contribution is 2.22. The van der Waals surface area contributed by atoms with Crippen molar-refractivity contribution in [2.75, 3.05) is 11.4 Å². The van der Waals surface area contributed by atoms with Crippen LogP contribution < -0.4 is 4.90 Å². The summed E-state index contributed by atoms with van der Waals surface area (Å²) in [5.74, 6) is -1.30. The Labute approximate surface area is 122 Å². The molecule has 0 saturated heterocycles. The maximum Gasteiger partial charge on any atom is 0.337 e. The molecule has 1 aromatic carbocycles. The van der Waals surface area contributed by atoms with E-state index in [1.54, 1.807) is 36.5 Å². The third-order valence-corrected chi connectivity index (χ3v) is 3.03. The van der Waals surface area contributed by atoms with Crippen molar-refractivity contribution in [1.82, 2.24) is 4.98 Å². The van der Waals surface area contributed by atoms with Crippen molar-refractivity contribution in [3.63, 3.8) is 0 Å². The van der Waals surface area contributed by atoms with Crippen LogP contribution in [-0.4, -0.2) is 28.5 Å². The number of carbonyl (C=O) groups excluding carboxylic acids is 1. The molecule has 0 unspecified atom stereocenters. The molecule has 5 heteroatoms. The van der Waals surface area contributed by atoms with E-state index in [4.69, 9.17) is 0 Å². The number of carboxylic acids is 1. The molecule has 0 aliphatic carbocycles. The fourth-order valence-corrected chi connectivity index (χ4v) is 2.09. The minimum Gasteiger partial charge on any atom is -0.478 e. The van der Waals surface area contributed by atoms with E-state index in [9.17, 15) is 14.7 Å². The Balaban J connectivity index is 2.45. The number of rotatable bonds is 5. The number of hydrogen-bond acceptors (Lipinski definition) is 3. The maximum atomic E-state index is 12.6. The Morgan fingerprint density at radius 1 is 1.19 bits per heavy atom. The molecule has 108 valence electrons. The smallest absolute Gasteiger partial charge is 0.337 e. The first-order valence-electron chi connectivity index (χ1n) is 6.69. The summed E-state index contributed by atoms with van der Waals surface area (Å²) in [5, 5.41) is 9.28. The van der Waals surface area contributed by atoms with Gasteiger partial charge in [-0.25, -0.2) is 4.79 Å². The second-order valence-electron chi connectivity index (χ2n) is 4.52. The maximum absolute atomic E-state index is 12.6. The zero-order valence-corrected chi connectivity index (χ0v) is 11.7. The second kappa shape index (κ2) is 6.65. The van der Waals surface area contributed by atoms with Gasteiger partial charge in [0, 0.05) is 18.9 Å². The highest BCUT2D eigenvalue weighted by atomic mass is 16.4. The third-order valence-electron chi connectivity index (χ3n) is 3.03. The molecule has 0 fully saturated rings. The zero-order valence-electron chi connectivity index (χ0n) is 11.7. The summed E-state index contributed by atoms with van der Waals surface area (Å²) in [6.45, 7) is 2.38. The van der Waals surface area contributed by atoms with E-state index in [2.05, 4.69) is 4.98 Å². The van der Waals surface area contributed by atoms with Crippen molar-refractivity contribution in [3.05, 3.63) is 59.9 Å². The quantitative estimate of drug-likeness (QED) is 0.916. The summed E-state index contributed by atoms with van der Waals surface area (Å²) < 4.78 is 0. The lowest BCUT2D eigenvalue weighted by atomic mass is 10.1. The van der Waals surface area contributed by atoms with Crippen LogP contribution in [0.2, 0.25) is 0 Å². The van der Waals surface area contributed by atoms with Crippen molar-refractivity contribution in [2.45, 2.75) is 13.3 Å². The molecule has 0 atom stereocenters. The predicted octanol–water partition coefficient (Wildman–Crippen LogP) is 2.84. The fraction of sp³-hybridized carbons (Fsp3) is 0.188. The van der Waals surface area contributed by atoms with Crippen LogP contribution in [0.4, 0.5) is 5.69 Å². The Hall–Kier alpha value is -2.69. The lowest BCUT2D eigenvalue weighted by Gasteiger charge is -2.23. The Morgan fingerprint density at radius 3 is 2.57 bits per heavy atom. The SMILES string of the molecule is CCCN(C(=O)c1cccnc1)c1ccccc1C(=O)O. The molecule has 0 spiro atoms. The molecule has 0 saturated carbocycles. The molecule has 0 radical (unpaired) electrons. The first kappa shape index (κ1) is 14.7. The van der Waals surface area contributed by atoms with E-state index in [1.165, 1.54) is 17.2 Å². The second-order valence-corrected chi connectivity index (χ2v) is 4.52. The Morgan fingerprint density at radius 2 is 1.95 bits per heavy atom. The number of hydrogen-bond donors (Lipinski definition) is 1. The summed E-state index contributed by atoms with van der Waals surface area (Å²) in [4.78, 5) is 29.4. The van der Waals surface area contributed by atoms with Crippen LogP contribution >= 0.6 is 0 Å². The average molecular weight is 284 g/mol. The van der Waals surface area contributed by atoms with Gasteiger partial charge in [0.2, 0.25) is 0 Å². The molecule has 1 heterocycles. The molecule has 21 heavy (non-hydrogen) atoms. The van der Waals surface area contributed by atoms with E-state index in [0.29, 0.717) is 17.8 Å². The molecule has 5 nitrogen and oxygen atoms in total. The minimum absolute atomic E-state index is 0.114. The standard InChI is InChI=1S/C16H16N2O3/c1-2-10-18(15(19)12-6-5-9-17-11-12)14-8-4-3-7-13(14)16(20)21/h3-9,11H,2,10H2,1H3,(H,20,21). The number of para-hydroxylation sites is 1. The first-order valence-corrected chi connectivity index (χ1v) is 6.69. The van der Waals surface area contributed by atoms with Crippen LogP contribution in [0.5, 0.6) is 0 Å². The lowest BCUT2D eigenvalue weighted by molar-refractivity contribution is 0.0697. The number of carboxylic acid groups (broad SMARTS) is 1. The molecule has 2 aromatic rings. The molecule has 1 N–H and O–H groups in total. The molecular weight excluding hydrogens is 268 g/mol. The number of pyridine rings is 1. The predicted molar refractivity (Wildman–Crippen MR) is 79.6 cm³/mol. The fourth-order valence-electron chi connectivity index (χ4n) is 2.09. The first-order chi connectivity index (χ1) is 10.1. The molecular formula is C16H16N2O3. The summed E-state index contributed by atoms with van der Waals surface area (Å²) in [6, 6.07) is 9.86. The molecule has 2 rings (SSSR count). The number of nitrogens with zero attached hydrogens (tertiary/aromatic N) is 2. The number of carbonyl (C=O) groups is 2. The van der Waals surface area contributed by atoms with Gasteiger partial charge in [0.25, 0.3) is 5.91 Å². The van der Waals surface area contributed by atoms with Gasteiger partial charge < -0.3 is 10.0 Å². The lowest BCUT2D eigenvalue weighted by Crippen LogP contribution is -2.33. The van der Waals surface area contributed by atoms with Gasteiger partial charge in [0.05, 0.1) is 16.8 Å². The van der Waals surface area contributed by atoms with Gasteiger partial charge in [0.1, 0.15) is 0 Å². The number of amides is 1. The topological polar surface area (TPSA) is 70.5 Å². The largest absolute Gasteiger partial charge is 0.478 e. The van der Waals surface area contributed by atoms with E-state index >= 15 is 0 Å². The van der Waals surface area contributed by atoms with Crippen molar-refractivity contribution >= 4 is 17.6 Å². The molecule has 1 amide bonds. The average Bonchev–Trinajstić information content (AvgIpc) is 2.53. The van der Waals surface area contributed by atoms with Crippen LogP contribution in [0.25, 0.3) is 0 Å². The van der Waals surface area contributed by atoms with Gasteiger partial charge >= 0.3 is 5.97 Å². The zero-order chi connectivity index (χ0) is 15.2. The van der Waals surface area contributed by atoms with Crippen LogP contribution in [0.3, 0.4) is 0 Å². The van der Waals surface area contributed by atoms with Crippen molar-refractivity contribution in [2.24, 2.45) is 0 Å². The van der Waals surface area contributed by atoms with E-state index in [0.717, 1.165) is 6.42 Å². The number of aromatic nitrogens is 1. The van der Waals surface area contributed by atoms with Gasteiger partial charge in [-0.15, -0.1) is 0 Å². The molecule has 0 bridgehead atoms. The van der Waals surface area contributed by atoms with E-state index in [1.807, 2.05) is 6.92 Å².